The van der Waals surface area contributed by atoms with Gasteiger partial charge in [0.25, 0.3) is 0 Å². The molecule has 0 heterocycles. The number of thioether (sulfide) groups is 2. The Kier molecular flexibility index (Phi) is 10.3. The van der Waals surface area contributed by atoms with E-state index in [1.54, 1.807) is 35.7 Å². The molecule has 2 rings (SSSR count). The second-order valence-electron chi connectivity index (χ2n) is 5.98. The molecule has 2 N–H and O–H groups in total. The van der Waals surface area contributed by atoms with Crippen LogP contribution in [-0.4, -0.2) is 46.9 Å². The van der Waals surface area contributed by atoms with Gasteiger partial charge in [-0.2, -0.15) is 0 Å². The number of phenolic OH excluding ortho intramolecular Hbond substituents is 1. The molecule has 8 heteroatoms. The number of hydrogen-bond donors (Lipinski definition) is 2. The van der Waals surface area contributed by atoms with E-state index in [0.29, 0.717) is 25.4 Å². The third-order valence-electron chi connectivity index (χ3n) is 3.67. The fourth-order valence-electron chi connectivity index (χ4n) is 2.26. The molecule has 0 amide bonds. The van der Waals surface area contributed by atoms with E-state index in [9.17, 15) is 14.7 Å². The van der Waals surface area contributed by atoms with Crippen LogP contribution in [0.4, 0.5) is 0 Å². The van der Waals surface area contributed by atoms with E-state index in [0.717, 1.165) is 21.3 Å². The monoisotopic (exact) mass is 436 g/mol. The van der Waals surface area contributed by atoms with E-state index in [-0.39, 0.29) is 24.6 Å². The molecule has 0 unspecified atom stereocenters. The van der Waals surface area contributed by atoms with Crippen molar-refractivity contribution in [3.63, 3.8) is 0 Å². The van der Waals surface area contributed by atoms with E-state index in [2.05, 4.69) is 0 Å². The molecular weight excluding hydrogens is 412 g/mol. The van der Waals surface area contributed by atoms with Gasteiger partial charge in [0.2, 0.25) is 0 Å². The zero-order valence-corrected chi connectivity index (χ0v) is 17.5. The number of ether oxygens (including phenoxy) is 2. The number of carboxylic acids is 1. The van der Waals surface area contributed by atoms with Crippen LogP contribution in [0.5, 0.6) is 11.5 Å². The maximum Gasteiger partial charge on any atom is 0.305 e. The summed E-state index contributed by atoms with van der Waals surface area (Å²) in [5.41, 5.74) is 0. The molecule has 0 aliphatic rings. The lowest BCUT2D eigenvalue weighted by molar-refractivity contribution is -0.143. The lowest BCUT2D eigenvalue weighted by atomic mass is 10.2. The second kappa shape index (κ2) is 13.0. The minimum atomic E-state index is -0.906. The van der Waals surface area contributed by atoms with Crippen LogP contribution in [0.2, 0.25) is 0 Å². The number of phenols is 1. The molecule has 0 spiro atoms. The number of esters is 1. The molecule has 2 aromatic carbocycles. The molecule has 0 saturated carbocycles. The van der Waals surface area contributed by atoms with Crippen LogP contribution < -0.4 is 4.74 Å². The Hall–Kier alpha value is -2.32. The highest BCUT2D eigenvalue weighted by Crippen LogP contribution is 2.23. The zero-order valence-electron chi connectivity index (χ0n) is 15.9. The van der Waals surface area contributed by atoms with Gasteiger partial charge in [-0.25, -0.2) is 0 Å². The van der Waals surface area contributed by atoms with Crippen LogP contribution in [0.1, 0.15) is 19.3 Å². The number of carboxylic acid groups (broad SMARTS) is 1. The van der Waals surface area contributed by atoms with Gasteiger partial charge >= 0.3 is 11.9 Å². The van der Waals surface area contributed by atoms with Gasteiger partial charge in [0, 0.05) is 34.1 Å². The minimum Gasteiger partial charge on any atom is -0.508 e. The fourth-order valence-corrected chi connectivity index (χ4v) is 3.73. The Balaban J connectivity index is 1.56. The van der Waals surface area contributed by atoms with E-state index < -0.39 is 5.97 Å². The van der Waals surface area contributed by atoms with Crippen molar-refractivity contribution < 1.29 is 29.3 Å². The van der Waals surface area contributed by atoms with E-state index in [1.165, 1.54) is 0 Å². The quantitative estimate of drug-likeness (QED) is 0.270. The van der Waals surface area contributed by atoms with Crippen molar-refractivity contribution in [2.45, 2.75) is 29.1 Å². The van der Waals surface area contributed by atoms with E-state index >= 15 is 0 Å². The Labute approximate surface area is 178 Å². The average Bonchev–Trinajstić information content (AvgIpc) is 2.70. The van der Waals surface area contributed by atoms with Gasteiger partial charge in [-0.3, -0.25) is 9.59 Å². The molecule has 0 radical (unpaired) electrons. The van der Waals surface area contributed by atoms with Crippen molar-refractivity contribution >= 4 is 35.5 Å². The molecule has 6 nitrogen and oxygen atoms in total. The summed E-state index contributed by atoms with van der Waals surface area (Å²) in [6, 6.07) is 14.8. The Morgan fingerprint density at radius 3 is 2.03 bits per heavy atom. The van der Waals surface area contributed by atoms with Crippen molar-refractivity contribution in [3.05, 3.63) is 48.5 Å². The van der Waals surface area contributed by atoms with Gasteiger partial charge in [-0.05, 0) is 55.0 Å². The molecule has 0 bridgehead atoms. The summed E-state index contributed by atoms with van der Waals surface area (Å²) in [7, 11) is 0. The molecule has 0 aromatic heterocycles. The van der Waals surface area contributed by atoms with E-state index in [1.807, 2.05) is 36.4 Å². The standard InChI is InChI=1S/C21H24O6S2/c22-16-4-8-18(9-5-16)28-14-12-26-17-6-10-19(11-7-17)29-15-13-27-21(25)3-1-2-20(23)24/h4-11,22H,1-3,12-15H2,(H,23,24). The number of hydrogen-bond acceptors (Lipinski definition) is 7. The van der Waals surface area contributed by atoms with Crippen molar-refractivity contribution in [3.8, 4) is 11.5 Å². The summed E-state index contributed by atoms with van der Waals surface area (Å²) < 4.78 is 10.8. The molecular formula is C21H24O6S2. The van der Waals surface area contributed by atoms with Crippen LogP contribution in [0, 0.1) is 0 Å². The molecule has 0 atom stereocenters. The van der Waals surface area contributed by atoms with Gasteiger partial charge < -0.3 is 19.7 Å². The predicted molar refractivity (Wildman–Crippen MR) is 114 cm³/mol. The Morgan fingerprint density at radius 1 is 0.828 bits per heavy atom. The van der Waals surface area contributed by atoms with Gasteiger partial charge in [0.15, 0.2) is 0 Å². The first-order valence-electron chi connectivity index (χ1n) is 9.18. The summed E-state index contributed by atoms with van der Waals surface area (Å²) in [6.45, 7) is 0.874. The Morgan fingerprint density at radius 2 is 1.41 bits per heavy atom. The number of carbonyl (C=O) groups is 2. The third kappa shape index (κ3) is 10.1. The molecule has 0 aliphatic carbocycles. The maximum absolute atomic E-state index is 11.5. The summed E-state index contributed by atoms with van der Waals surface area (Å²) in [6.07, 6.45) is 0.415. The third-order valence-corrected chi connectivity index (χ3v) is 5.62. The number of aliphatic carboxylic acids is 1. The van der Waals surface area contributed by atoms with E-state index in [4.69, 9.17) is 14.6 Å². The van der Waals surface area contributed by atoms with Gasteiger partial charge in [-0.15, -0.1) is 23.5 Å². The maximum atomic E-state index is 11.5. The van der Waals surface area contributed by atoms with Crippen molar-refractivity contribution in [1.29, 1.82) is 0 Å². The number of rotatable bonds is 13. The van der Waals surface area contributed by atoms with Crippen LogP contribution >= 0.6 is 23.5 Å². The molecule has 156 valence electrons. The molecule has 2 aromatic rings. The lowest BCUT2D eigenvalue weighted by Gasteiger charge is -2.08. The number of carbonyl (C=O) groups excluding carboxylic acids is 1. The highest BCUT2D eigenvalue weighted by molar-refractivity contribution is 7.99. The molecule has 0 saturated heterocycles. The summed E-state index contributed by atoms with van der Waals surface area (Å²) in [5, 5.41) is 17.8. The van der Waals surface area contributed by atoms with Crippen molar-refractivity contribution in [2.75, 3.05) is 24.7 Å². The van der Waals surface area contributed by atoms with Crippen LogP contribution in [0.25, 0.3) is 0 Å². The normalized spacial score (nSPS) is 10.5. The SMILES string of the molecule is O=C(O)CCCC(=O)OCCSc1ccc(OCCSc2ccc(O)cc2)cc1. The number of aromatic hydroxyl groups is 1. The lowest BCUT2D eigenvalue weighted by Crippen LogP contribution is -2.08. The topological polar surface area (TPSA) is 93.1 Å². The van der Waals surface area contributed by atoms with Gasteiger partial charge in [0.1, 0.15) is 18.1 Å². The van der Waals surface area contributed by atoms with Crippen LogP contribution in [0.3, 0.4) is 0 Å². The average molecular weight is 437 g/mol. The first-order chi connectivity index (χ1) is 14.0. The first-order valence-corrected chi connectivity index (χ1v) is 11.1. The van der Waals surface area contributed by atoms with Gasteiger partial charge in [0.05, 0.1) is 6.61 Å². The number of benzene rings is 2. The van der Waals surface area contributed by atoms with Gasteiger partial charge in [-0.1, -0.05) is 0 Å². The van der Waals surface area contributed by atoms with Crippen LogP contribution in [0.15, 0.2) is 58.3 Å². The van der Waals surface area contributed by atoms with Crippen molar-refractivity contribution in [2.24, 2.45) is 0 Å². The largest absolute Gasteiger partial charge is 0.508 e. The minimum absolute atomic E-state index is 0.0201. The molecule has 0 fully saturated rings. The predicted octanol–water partition coefficient (Wildman–Crippen LogP) is 4.45. The van der Waals surface area contributed by atoms with Crippen molar-refractivity contribution in [1.82, 2.24) is 0 Å². The second-order valence-corrected chi connectivity index (χ2v) is 8.32. The summed E-state index contributed by atoms with van der Waals surface area (Å²) in [4.78, 5) is 24.0. The Bertz CT molecular complexity index is 762. The highest BCUT2D eigenvalue weighted by atomic mass is 32.2. The summed E-state index contributed by atoms with van der Waals surface area (Å²) in [5.74, 6) is 1.23. The smallest absolute Gasteiger partial charge is 0.305 e. The van der Waals surface area contributed by atoms with Crippen LogP contribution in [-0.2, 0) is 14.3 Å². The first kappa shape index (κ1) is 23.0. The summed E-state index contributed by atoms with van der Waals surface area (Å²) >= 11 is 3.24. The zero-order chi connectivity index (χ0) is 20.9. The fraction of sp³-hybridized carbons (Fsp3) is 0.333. The molecule has 0 aliphatic heterocycles. The highest BCUT2D eigenvalue weighted by Gasteiger charge is 2.05. The molecule has 29 heavy (non-hydrogen) atoms.